The smallest absolute Gasteiger partial charge is 0.143 e. The Hall–Kier alpha value is -6.16. The lowest BCUT2D eigenvalue weighted by Gasteiger charge is -2.26. The molecule has 0 spiro atoms. The highest BCUT2D eigenvalue weighted by molar-refractivity contribution is 7.25. The quantitative estimate of drug-likeness (QED) is 0.184. The molecule has 2 heterocycles. The van der Waals surface area contributed by atoms with Crippen LogP contribution in [0.3, 0.4) is 0 Å². The lowest BCUT2D eigenvalue weighted by molar-refractivity contribution is 0.672. The van der Waals surface area contributed by atoms with Crippen LogP contribution in [0.4, 0.5) is 17.1 Å². The molecular formula is C46H29NOS. The molecule has 0 N–H and O–H groups in total. The van der Waals surface area contributed by atoms with Crippen LogP contribution in [0.15, 0.2) is 180 Å². The summed E-state index contributed by atoms with van der Waals surface area (Å²) >= 11 is 1.59. The van der Waals surface area contributed by atoms with Gasteiger partial charge in [-0.25, -0.2) is 0 Å². The summed E-state index contributed by atoms with van der Waals surface area (Å²) in [4.78, 5) is 1.36. The highest BCUT2D eigenvalue weighted by Gasteiger charge is 2.20. The minimum atomic E-state index is -0.402. The molecule has 0 bridgehead atoms. The Morgan fingerprint density at radius 1 is 0.469 bits per heavy atom. The van der Waals surface area contributed by atoms with Gasteiger partial charge in [0.1, 0.15) is 11.2 Å². The second kappa shape index (κ2) is 11.2. The largest absolute Gasteiger partial charge is 0.455 e. The first-order chi connectivity index (χ1) is 27.6. The van der Waals surface area contributed by atoms with Crippen molar-refractivity contribution in [2.24, 2.45) is 0 Å². The molecule has 49 heavy (non-hydrogen) atoms. The minimum Gasteiger partial charge on any atom is -0.455 e. The predicted molar refractivity (Wildman–Crippen MR) is 210 cm³/mol. The molecule has 0 aliphatic carbocycles. The van der Waals surface area contributed by atoms with Crippen molar-refractivity contribution in [3.8, 4) is 22.3 Å². The maximum atomic E-state index is 9.60. The molecule has 2 nitrogen and oxygen atoms in total. The topological polar surface area (TPSA) is 16.4 Å². The van der Waals surface area contributed by atoms with Crippen LogP contribution in [-0.2, 0) is 0 Å². The van der Waals surface area contributed by atoms with Gasteiger partial charge >= 0.3 is 0 Å². The fourth-order valence-electron chi connectivity index (χ4n) is 6.68. The normalized spacial score (nSPS) is 14.0. The summed E-state index contributed by atoms with van der Waals surface area (Å²) in [7, 11) is 0. The summed E-state index contributed by atoms with van der Waals surface area (Å²) in [6, 6.07) is 36.6. The average Bonchev–Trinajstić information content (AvgIpc) is 3.81. The number of fused-ring (bicyclic) bond motifs is 8. The molecule has 8 aromatic carbocycles. The van der Waals surface area contributed by atoms with E-state index in [4.69, 9.17) is 4.42 Å². The van der Waals surface area contributed by atoms with Gasteiger partial charge in [0.15, 0.2) is 0 Å². The second-order valence-electron chi connectivity index (χ2n) is 11.9. The van der Waals surface area contributed by atoms with Gasteiger partial charge in [0.05, 0.1) is 22.0 Å². The Bertz CT molecular complexity index is 3240. The molecule has 230 valence electrons. The van der Waals surface area contributed by atoms with Gasteiger partial charge in [0.2, 0.25) is 0 Å². The monoisotopic (exact) mass is 651 g/mol. The van der Waals surface area contributed by atoms with Gasteiger partial charge in [-0.15, -0.1) is 11.3 Å². The molecule has 0 saturated heterocycles. The van der Waals surface area contributed by atoms with Crippen molar-refractivity contribution in [1.82, 2.24) is 0 Å². The van der Waals surface area contributed by atoms with E-state index in [-0.39, 0.29) is 46.7 Å². The molecule has 0 radical (unpaired) electrons. The molecule has 0 aliphatic rings. The molecule has 2 aromatic heterocycles. The standard InChI is InChI=1S/C46H29NOS/c1-2-9-30(10-3-1)31-17-23-35(24-18-31)47(41-14-8-15-42-45(41)40-28-21-33-11-4-5-12-37(33)46(40)48-42)36-25-19-32(20-26-36)34-22-27-39-38-13-6-7-16-43(38)49-44(39)29-34/h1-29H/i17D,18D,19D,20D,23D,24D,25D,26D. The van der Waals surface area contributed by atoms with Crippen molar-refractivity contribution < 1.29 is 15.4 Å². The van der Waals surface area contributed by atoms with Gasteiger partial charge in [0, 0.05) is 42.3 Å². The molecule has 10 aromatic rings. The van der Waals surface area contributed by atoms with E-state index in [1.54, 1.807) is 53.8 Å². The number of hydrogen-bond acceptors (Lipinski definition) is 3. The van der Waals surface area contributed by atoms with Crippen LogP contribution in [0.25, 0.3) is 75.1 Å². The summed E-state index contributed by atoms with van der Waals surface area (Å²) in [5, 5.41) is 5.21. The van der Waals surface area contributed by atoms with E-state index < -0.39 is 24.2 Å². The molecule has 3 heteroatoms. The van der Waals surface area contributed by atoms with Gasteiger partial charge in [-0.05, 0) is 82.1 Å². The fraction of sp³-hybridized carbons (Fsp3) is 0. The van der Waals surface area contributed by atoms with Crippen molar-refractivity contribution in [1.29, 1.82) is 0 Å². The lowest BCUT2D eigenvalue weighted by Crippen LogP contribution is -2.10. The van der Waals surface area contributed by atoms with Crippen molar-refractivity contribution in [2.75, 3.05) is 4.90 Å². The summed E-state index contributed by atoms with van der Waals surface area (Å²) in [5.74, 6) is 0. The van der Waals surface area contributed by atoms with E-state index in [1.165, 1.54) is 4.90 Å². The van der Waals surface area contributed by atoms with Crippen LogP contribution < -0.4 is 4.90 Å². The summed E-state index contributed by atoms with van der Waals surface area (Å²) < 4.78 is 84.0. The highest BCUT2D eigenvalue weighted by Crippen LogP contribution is 2.45. The lowest BCUT2D eigenvalue weighted by atomic mass is 10.0. The van der Waals surface area contributed by atoms with Crippen molar-refractivity contribution in [2.45, 2.75) is 0 Å². The maximum Gasteiger partial charge on any atom is 0.143 e. The summed E-state index contributed by atoms with van der Waals surface area (Å²) in [6.07, 6.45) is 0. The Balaban J connectivity index is 1.28. The van der Waals surface area contributed by atoms with Gasteiger partial charge in [-0.1, -0.05) is 121 Å². The van der Waals surface area contributed by atoms with Crippen molar-refractivity contribution in [3.05, 3.63) is 176 Å². The summed E-state index contributed by atoms with van der Waals surface area (Å²) in [5.41, 5.74) is 2.20. The number of benzene rings is 8. The van der Waals surface area contributed by atoms with Crippen LogP contribution in [-0.4, -0.2) is 0 Å². The third kappa shape index (κ3) is 4.62. The SMILES string of the molecule is [2H]c1c([2H])c(N(c2c([2H])c([2H])c(-c3ccc4c(c3)sc3ccccc34)c([2H])c2[2H])c2cccc3oc4c5ccccc5ccc4c23)c([2H])c([2H])c1-c1ccccc1. The maximum absolute atomic E-state index is 9.60. The first-order valence-corrected chi connectivity index (χ1v) is 16.8. The van der Waals surface area contributed by atoms with E-state index in [0.717, 1.165) is 30.9 Å². The Morgan fingerprint density at radius 3 is 1.92 bits per heavy atom. The number of thiophene rings is 1. The first-order valence-electron chi connectivity index (χ1n) is 19.9. The number of rotatable bonds is 5. The molecule has 10 rings (SSSR count). The van der Waals surface area contributed by atoms with Crippen LogP contribution in [0.1, 0.15) is 11.0 Å². The Kier molecular flexibility index (Phi) is 4.80. The van der Waals surface area contributed by atoms with E-state index in [2.05, 4.69) is 6.07 Å². The second-order valence-corrected chi connectivity index (χ2v) is 13.0. The molecule has 0 aliphatic heterocycles. The molecule has 0 amide bonds. The number of anilines is 3. The van der Waals surface area contributed by atoms with Crippen LogP contribution >= 0.6 is 11.3 Å². The van der Waals surface area contributed by atoms with Gasteiger partial charge in [0.25, 0.3) is 0 Å². The molecule has 0 saturated carbocycles. The number of hydrogen-bond donors (Lipinski definition) is 0. The number of nitrogens with zero attached hydrogens (tertiary/aromatic N) is 1. The molecule has 0 atom stereocenters. The van der Waals surface area contributed by atoms with Crippen molar-refractivity contribution in [3.63, 3.8) is 0 Å². The van der Waals surface area contributed by atoms with Crippen molar-refractivity contribution >= 4 is 81.3 Å². The first kappa shape index (κ1) is 20.9. The molecular weight excluding hydrogens is 615 g/mol. The van der Waals surface area contributed by atoms with E-state index >= 15 is 0 Å². The van der Waals surface area contributed by atoms with Crippen LogP contribution in [0, 0.1) is 0 Å². The third-order valence-electron chi connectivity index (χ3n) is 9.01. The zero-order valence-corrected chi connectivity index (χ0v) is 26.7. The number of furan rings is 1. The van der Waals surface area contributed by atoms with E-state index in [0.29, 0.717) is 38.8 Å². The Morgan fingerprint density at radius 2 is 1.12 bits per heavy atom. The highest BCUT2D eigenvalue weighted by atomic mass is 32.1. The van der Waals surface area contributed by atoms with E-state index in [9.17, 15) is 11.0 Å². The average molecular weight is 652 g/mol. The third-order valence-corrected chi connectivity index (χ3v) is 10.1. The zero-order chi connectivity index (χ0) is 39.3. The zero-order valence-electron chi connectivity index (χ0n) is 33.9. The van der Waals surface area contributed by atoms with Gasteiger partial charge in [-0.2, -0.15) is 0 Å². The Labute approximate surface area is 299 Å². The molecule has 0 fully saturated rings. The van der Waals surface area contributed by atoms with Crippen LogP contribution in [0.2, 0.25) is 0 Å². The summed E-state index contributed by atoms with van der Waals surface area (Å²) in [6.45, 7) is 0. The van der Waals surface area contributed by atoms with Gasteiger partial charge in [-0.3, -0.25) is 0 Å². The minimum absolute atomic E-state index is 0.110. The van der Waals surface area contributed by atoms with E-state index in [1.807, 2.05) is 78.9 Å². The molecule has 0 unspecified atom stereocenters. The van der Waals surface area contributed by atoms with Gasteiger partial charge < -0.3 is 9.32 Å². The predicted octanol–water partition coefficient (Wildman–Crippen LogP) is 13.9. The fourth-order valence-corrected chi connectivity index (χ4v) is 7.83. The van der Waals surface area contributed by atoms with Crippen LogP contribution in [0.5, 0.6) is 0 Å².